The van der Waals surface area contributed by atoms with Crippen molar-refractivity contribution in [2.24, 2.45) is 7.05 Å². The van der Waals surface area contributed by atoms with Crippen LogP contribution in [0.25, 0.3) is 11.6 Å². The summed E-state index contributed by atoms with van der Waals surface area (Å²) >= 11 is 3.00. The normalized spacial score (nSPS) is 11.1. The first-order chi connectivity index (χ1) is 14.4. The second kappa shape index (κ2) is 8.45. The molecule has 0 radical (unpaired) electrons. The zero-order chi connectivity index (χ0) is 21.3. The fourth-order valence-electron chi connectivity index (χ4n) is 2.96. The molecule has 0 bridgehead atoms. The molecule has 30 heavy (non-hydrogen) atoms. The maximum absolute atomic E-state index is 12.3. The molecule has 4 aromatic rings. The molecule has 0 N–H and O–H groups in total. The summed E-state index contributed by atoms with van der Waals surface area (Å²) in [7, 11) is 1.91. The molecule has 0 atom stereocenters. The van der Waals surface area contributed by atoms with Crippen LogP contribution in [0.1, 0.15) is 23.7 Å². The number of rotatable bonds is 6. The first-order valence-corrected chi connectivity index (χ1v) is 11.2. The number of carbonyl (C=O) groups is 1. The van der Waals surface area contributed by atoms with E-state index in [0.29, 0.717) is 22.5 Å². The van der Waals surface area contributed by atoms with E-state index in [-0.39, 0.29) is 5.91 Å². The molecule has 0 aliphatic heterocycles. The molecule has 0 spiro atoms. The van der Waals surface area contributed by atoms with Gasteiger partial charge in [-0.1, -0.05) is 17.8 Å². The Bertz CT molecular complexity index is 1180. The fraction of sp³-hybridized carbons (Fsp3) is 0.238. The molecule has 3 heterocycles. The molecule has 0 unspecified atom stereocenters. The summed E-state index contributed by atoms with van der Waals surface area (Å²) in [6, 6.07) is 9.67. The van der Waals surface area contributed by atoms with Gasteiger partial charge in [0.15, 0.2) is 21.9 Å². The van der Waals surface area contributed by atoms with Gasteiger partial charge in [0, 0.05) is 25.1 Å². The van der Waals surface area contributed by atoms with Crippen LogP contribution in [0.5, 0.6) is 0 Å². The molecule has 1 aromatic carbocycles. The number of carbonyl (C=O) groups excluding carboxylic acids is 1. The summed E-state index contributed by atoms with van der Waals surface area (Å²) in [4.78, 5) is 18.7. The van der Waals surface area contributed by atoms with Crippen molar-refractivity contribution in [1.29, 1.82) is 0 Å². The van der Waals surface area contributed by atoms with E-state index < -0.39 is 0 Å². The van der Waals surface area contributed by atoms with Crippen LogP contribution in [-0.2, 0) is 17.6 Å². The topological polar surface area (TPSA) is 77.1 Å². The average molecular weight is 440 g/mol. The quantitative estimate of drug-likeness (QED) is 0.388. The lowest BCUT2D eigenvalue weighted by Crippen LogP contribution is -2.22. The van der Waals surface area contributed by atoms with Crippen molar-refractivity contribution in [3.05, 3.63) is 58.8 Å². The lowest BCUT2D eigenvalue weighted by molar-refractivity contribution is -0.115. The number of aryl methyl sites for hydroxylation is 2. The van der Waals surface area contributed by atoms with Crippen molar-refractivity contribution in [3.8, 4) is 11.6 Å². The minimum atomic E-state index is -0.0665. The van der Waals surface area contributed by atoms with Crippen LogP contribution in [0.15, 0.2) is 51.5 Å². The van der Waals surface area contributed by atoms with Crippen molar-refractivity contribution in [1.82, 2.24) is 19.7 Å². The largest absolute Gasteiger partial charge is 0.461 e. The molecular weight excluding hydrogens is 418 g/mol. The number of aromatic nitrogens is 4. The predicted octanol–water partition coefficient (Wildman–Crippen LogP) is 5.13. The number of nitrogens with zero attached hydrogens (tertiary/aromatic N) is 5. The Morgan fingerprint density at radius 2 is 2.07 bits per heavy atom. The van der Waals surface area contributed by atoms with Crippen LogP contribution < -0.4 is 4.90 Å². The molecule has 154 valence electrons. The monoisotopic (exact) mass is 439 g/mol. The molecular formula is C21H21N5O2S2. The smallest absolute Gasteiger partial charge is 0.230 e. The molecule has 0 fully saturated rings. The second-order valence-electron chi connectivity index (χ2n) is 6.88. The molecule has 9 heteroatoms. The van der Waals surface area contributed by atoms with Crippen molar-refractivity contribution < 1.29 is 9.21 Å². The van der Waals surface area contributed by atoms with E-state index in [1.165, 1.54) is 16.9 Å². The van der Waals surface area contributed by atoms with Gasteiger partial charge >= 0.3 is 0 Å². The highest BCUT2D eigenvalue weighted by Gasteiger charge is 2.19. The third-order valence-corrected chi connectivity index (χ3v) is 6.65. The summed E-state index contributed by atoms with van der Waals surface area (Å²) in [5.74, 6) is 1.92. The number of hydrogen-bond donors (Lipinski definition) is 0. The summed E-state index contributed by atoms with van der Waals surface area (Å²) < 4.78 is 7.30. The van der Waals surface area contributed by atoms with E-state index >= 15 is 0 Å². The Morgan fingerprint density at radius 1 is 1.23 bits per heavy atom. The van der Waals surface area contributed by atoms with Gasteiger partial charge in [-0.15, -0.1) is 21.5 Å². The van der Waals surface area contributed by atoms with Crippen molar-refractivity contribution >= 4 is 39.8 Å². The minimum Gasteiger partial charge on any atom is -0.461 e. The van der Waals surface area contributed by atoms with Crippen LogP contribution in [0.4, 0.5) is 10.8 Å². The molecule has 1 amide bonds. The van der Waals surface area contributed by atoms with Crippen LogP contribution >= 0.6 is 23.1 Å². The van der Waals surface area contributed by atoms with Crippen LogP contribution in [-0.4, -0.2) is 25.7 Å². The highest BCUT2D eigenvalue weighted by molar-refractivity contribution is 7.98. The van der Waals surface area contributed by atoms with Gasteiger partial charge < -0.3 is 8.98 Å². The number of furan rings is 1. The predicted molar refractivity (Wildman–Crippen MR) is 119 cm³/mol. The number of benzene rings is 1. The third kappa shape index (κ3) is 4.03. The van der Waals surface area contributed by atoms with Gasteiger partial charge in [-0.3, -0.25) is 9.69 Å². The minimum absolute atomic E-state index is 0.0665. The first-order valence-electron chi connectivity index (χ1n) is 9.32. The van der Waals surface area contributed by atoms with Crippen molar-refractivity contribution in [2.45, 2.75) is 31.7 Å². The van der Waals surface area contributed by atoms with Crippen LogP contribution in [0.3, 0.4) is 0 Å². The molecule has 4 rings (SSSR count). The number of amides is 1. The van der Waals surface area contributed by atoms with Gasteiger partial charge in [-0.25, -0.2) is 4.98 Å². The molecule has 0 aliphatic carbocycles. The summed E-state index contributed by atoms with van der Waals surface area (Å²) in [6.07, 6.45) is 1.62. The summed E-state index contributed by atoms with van der Waals surface area (Å²) in [5.41, 5.74) is 4.05. The third-order valence-electron chi connectivity index (χ3n) is 4.72. The Morgan fingerprint density at radius 3 is 2.77 bits per heavy atom. The van der Waals surface area contributed by atoms with E-state index in [0.717, 1.165) is 22.1 Å². The molecule has 7 nitrogen and oxygen atoms in total. The summed E-state index contributed by atoms with van der Waals surface area (Å²) in [5, 5.41) is 11.9. The van der Waals surface area contributed by atoms with E-state index in [1.54, 1.807) is 29.8 Å². The Labute approximate surface area is 182 Å². The van der Waals surface area contributed by atoms with E-state index in [9.17, 15) is 4.79 Å². The number of thiazole rings is 1. The van der Waals surface area contributed by atoms with Crippen molar-refractivity contribution in [2.75, 3.05) is 4.90 Å². The van der Waals surface area contributed by atoms with Gasteiger partial charge in [-0.2, -0.15) is 0 Å². The Kier molecular flexibility index (Phi) is 5.74. The zero-order valence-electron chi connectivity index (χ0n) is 17.1. The van der Waals surface area contributed by atoms with Crippen LogP contribution in [0, 0.1) is 13.8 Å². The fourth-order valence-corrected chi connectivity index (χ4v) is 4.75. The van der Waals surface area contributed by atoms with Gasteiger partial charge in [0.25, 0.3) is 0 Å². The highest BCUT2D eigenvalue weighted by Crippen LogP contribution is 2.32. The molecule has 0 saturated carbocycles. The van der Waals surface area contributed by atoms with Crippen molar-refractivity contribution in [3.63, 3.8) is 0 Å². The molecule has 0 aliphatic rings. The van der Waals surface area contributed by atoms with E-state index in [2.05, 4.69) is 22.1 Å². The maximum Gasteiger partial charge on any atom is 0.230 e. The van der Waals surface area contributed by atoms with E-state index in [1.807, 2.05) is 54.3 Å². The van der Waals surface area contributed by atoms with Crippen LogP contribution in [0.2, 0.25) is 0 Å². The Hall–Kier alpha value is -2.91. The van der Waals surface area contributed by atoms with E-state index in [4.69, 9.17) is 4.42 Å². The van der Waals surface area contributed by atoms with Gasteiger partial charge in [0.2, 0.25) is 5.91 Å². The zero-order valence-corrected chi connectivity index (χ0v) is 18.8. The second-order valence-corrected chi connectivity index (χ2v) is 8.65. The standard InChI is InChI=1S/C21H21N5O2S2/c1-13-7-8-17(10-14(13)2)26(15(3)27)20-22-16(11-29-20)12-30-21-24-23-19(25(21)4)18-6-5-9-28-18/h5-11H,12H2,1-4H3. The molecule has 3 aromatic heterocycles. The number of anilines is 2. The Balaban J connectivity index is 1.51. The van der Waals surface area contributed by atoms with Gasteiger partial charge in [0.05, 0.1) is 17.6 Å². The average Bonchev–Trinajstić information content (AvgIpc) is 3.45. The first kappa shape index (κ1) is 20.4. The lowest BCUT2D eigenvalue weighted by atomic mass is 10.1. The number of hydrogen-bond acceptors (Lipinski definition) is 7. The summed E-state index contributed by atoms with van der Waals surface area (Å²) in [6.45, 7) is 5.65. The lowest BCUT2D eigenvalue weighted by Gasteiger charge is -2.19. The van der Waals surface area contributed by atoms with Gasteiger partial charge in [0.1, 0.15) is 0 Å². The van der Waals surface area contributed by atoms with Gasteiger partial charge in [-0.05, 0) is 49.2 Å². The highest BCUT2D eigenvalue weighted by atomic mass is 32.2. The SMILES string of the molecule is CC(=O)N(c1ccc(C)c(C)c1)c1nc(CSc2nnc(-c3ccco3)n2C)cs1. The molecule has 0 saturated heterocycles. The number of thioether (sulfide) groups is 1. The maximum atomic E-state index is 12.3.